The molecule has 0 saturated heterocycles. The second-order valence-corrected chi connectivity index (χ2v) is 6.44. The molecule has 0 amide bonds. The number of hydrogen-bond donors (Lipinski definition) is 0. The molecule has 18 heavy (non-hydrogen) atoms. The monoisotopic (exact) mass is 286 g/mol. The van der Waals surface area contributed by atoms with Gasteiger partial charge in [-0.15, -0.1) is 0 Å². The number of sulfone groups is 1. The highest BCUT2D eigenvalue weighted by molar-refractivity contribution is 7.91. The van der Waals surface area contributed by atoms with E-state index in [1.807, 2.05) is 0 Å². The van der Waals surface area contributed by atoms with Gasteiger partial charge in [-0.1, -0.05) is 6.92 Å². The number of aromatic nitrogens is 2. The van der Waals surface area contributed by atoms with Crippen molar-refractivity contribution < 1.29 is 8.42 Å². The maximum Gasteiger partial charge on any atom is 0.262 e. The molecule has 2 rings (SSSR count). The molecule has 0 fully saturated rings. The maximum atomic E-state index is 11.9. The summed E-state index contributed by atoms with van der Waals surface area (Å²) in [5.74, 6) is -0.00289. The Bertz CT molecular complexity index is 781. The van der Waals surface area contributed by atoms with Gasteiger partial charge in [-0.05, 0) is 29.8 Å². The highest BCUT2D eigenvalue weighted by atomic mass is 35.5. The lowest BCUT2D eigenvalue weighted by Crippen LogP contribution is -2.19. The van der Waals surface area contributed by atoms with Gasteiger partial charge in [0.1, 0.15) is 0 Å². The van der Waals surface area contributed by atoms with Gasteiger partial charge < -0.3 is 0 Å². The Labute approximate surface area is 109 Å². The molecule has 0 N–H and O–H groups in total. The van der Waals surface area contributed by atoms with E-state index >= 15 is 0 Å². The van der Waals surface area contributed by atoms with Crippen molar-refractivity contribution in [3.63, 3.8) is 0 Å². The molecular weight excluding hydrogens is 276 g/mol. The Hall–Kier alpha value is -1.40. The van der Waals surface area contributed by atoms with Crippen molar-refractivity contribution >= 4 is 32.3 Å². The highest BCUT2D eigenvalue weighted by Crippen LogP contribution is 2.17. The third-order valence-electron chi connectivity index (χ3n) is 2.73. The lowest BCUT2D eigenvalue weighted by Gasteiger charge is -2.05. The standard InChI is InChI=1S/C11H11ClN2O3S/c1-3-18(16,17)7-4-5-8-9(6-7)13-11(12)14(2)10(8)15/h4-6H,3H2,1-2H3. The predicted octanol–water partition coefficient (Wildman–Crippen LogP) is 1.38. The number of fused-ring (bicyclic) bond motifs is 1. The average molecular weight is 287 g/mol. The zero-order valence-corrected chi connectivity index (χ0v) is 11.4. The molecule has 5 nitrogen and oxygen atoms in total. The SMILES string of the molecule is CCS(=O)(=O)c1ccc2c(=O)n(C)c(Cl)nc2c1. The van der Waals surface area contributed by atoms with Crippen molar-refractivity contribution in [1.29, 1.82) is 0 Å². The highest BCUT2D eigenvalue weighted by Gasteiger charge is 2.14. The van der Waals surface area contributed by atoms with Crippen LogP contribution in [0.1, 0.15) is 6.92 Å². The van der Waals surface area contributed by atoms with Gasteiger partial charge in [-0.25, -0.2) is 13.4 Å². The second-order valence-electron chi connectivity index (χ2n) is 3.83. The molecular formula is C11H11ClN2O3S. The quantitative estimate of drug-likeness (QED) is 0.782. The van der Waals surface area contributed by atoms with Gasteiger partial charge in [-0.2, -0.15) is 0 Å². The van der Waals surface area contributed by atoms with E-state index in [1.165, 1.54) is 29.8 Å². The first-order valence-electron chi connectivity index (χ1n) is 5.26. The van der Waals surface area contributed by atoms with Gasteiger partial charge in [0.05, 0.1) is 21.6 Å². The van der Waals surface area contributed by atoms with Crippen LogP contribution in [0.15, 0.2) is 27.9 Å². The van der Waals surface area contributed by atoms with Crippen LogP contribution in [0.3, 0.4) is 0 Å². The van der Waals surface area contributed by atoms with Crippen LogP contribution in [0.5, 0.6) is 0 Å². The minimum atomic E-state index is -3.32. The molecule has 0 bridgehead atoms. The molecule has 2 aromatic rings. The van der Waals surface area contributed by atoms with E-state index in [-0.39, 0.29) is 27.0 Å². The van der Waals surface area contributed by atoms with Crippen molar-refractivity contribution in [2.24, 2.45) is 7.05 Å². The average Bonchev–Trinajstić information content (AvgIpc) is 2.35. The fourth-order valence-corrected chi connectivity index (χ4v) is 2.65. The molecule has 1 aromatic carbocycles. The Morgan fingerprint density at radius 1 is 1.39 bits per heavy atom. The third kappa shape index (κ3) is 2.02. The van der Waals surface area contributed by atoms with Gasteiger partial charge in [0.25, 0.3) is 5.56 Å². The van der Waals surface area contributed by atoms with E-state index < -0.39 is 9.84 Å². The fourth-order valence-electron chi connectivity index (χ4n) is 1.58. The van der Waals surface area contributed by atoms with Gasteiger partial charge in [0.15, 0.2) is 9.84 Å². The van der Waals surface area contributed by atoms with Gasteiger partial charge in [0, 0.05) is 7.05 Å². The van der Waals surface area contributed by atoms with Crippen LogP contribution in [-0.2, 0) is 16.9 Å². The summed E-state index contributed by atoms with van der Waals surface area (Å²) in [6, 6.07) is 4.25. The van der Waals surface area contributed by atoms with Gasteiger partial charge in [0.2, 0.25) is 5.28 Å². The first kappa shape index (κ1) is 13.0. The number of rotatable bonds is 2. The molecule has 96 valence electrons. The largest absolute Gasteiger partial charge is 0.286 e. The molecule has 0 saturated carbocycles. The third-order valence-corrected chi connectivity index (χ3v) is 4.80. The van der Waals surface area contributed by atoms with Crippen LogP contribution in [0.4, 0.5) is 0 Å². The van der Waals surface area contributed by atoms with Crippen LogP contribution in [0.2, 0.25) is 5.28 Å². The molecule has 1 aromatic heterocycles. The van der Waals surface area contributed by atoms with Crippen molar-refractivity contribution in [2.45, 2.75) is 11.8 Å². The maximum absolute atomic E-state index is 11.9. The Kier molecular flexibility index (Phi) is 3.16. The van der Waals surface area contributed by atoms with Crippen LogP contribution >= 0.6 is 11.6 Å². The van der Waals surface area contributed by atoms with E-state index in [1.54, 1.807) is 6.92 Å². The number of halogens is 1. The van der Waals surface area contributed by atoms with E-state index in [4.69, 9.17) is 11.6 Å². The summed E-state index contributed by atoms with van der Waals surface area (Å²) in [5.41, 5.74) is -0.0110. The Balaban J connectivity index is 2.83. The van der Waals surface area contributed by atoms with E-state index in [0.717, 1.165) is 0 Å². The summed E-state index contributed by atoms with van der Waals surface area (Å²) in [6.45, 7) is 1.56. The molecule has 0 radical (unpaired) electrons. The summed E-state index contributed by atoms with van der Waals surface area (Å²) in [5, 5.41) is 0.371. The van der Waals surface area contributed by atoms with Crippen molar-refractivity contribution in [3.05, 3.63) is 33.8 Å². The first-order valence-corrected chi connectivity index (χ1v) is 7.29. The summed E-state index contributed by atoms with van der Waals surface area (Å²) in [4.78, 5) is 16.0. The van der Waals surface area contributed by atoms with Crippen molar-refractivity contribution in [3.8, 4) is 0 Å². The van der Waals surface area contributed by atoms with Gasteiger partial charge in [-0.3, -0.25) is 9.36 Å². The molecule has 0 aliphatic heterocycles. The van der Waals surface area contributed by atoms with Crippen LogP contribution in [-0.4, -0.2) is 23.7 Å². The smallest absolute Gasteiger partial charge is 0.262 e. The van der Waals surface area contributed by atoms with Gasteiger partial charge >= 0.3 is 0 Å². The lowest BCUT2D eigenvalue weighted by molar-refractivity contribution is 0.597. The lowest BCUT2D eigenvalue weighted by atomic mass is 10.2. The fraction of sp³-hybridized carbons (Fsp3) is 0.273. The molecule has 1 heterocycles. The van der Waals surface area contributed by atoms with Crippen molar-refractivity contribution in [2.75, 3.05) is 5.75 Å². The molecule has 7 heteroatoms. The van der Waals surface area contributed by atoms with E-state index in [9.17, 15) is 13.2 Å². The topological polar surface area (TPSA) is 69.0 Å². The zero-order chi connectivity index (χ0) is 13.5. The predicted molar refractivity (Wildman–Crippen MR) is 69.7 cm³/mol. The molecule has 0 atom stereocenters. The van der Waals surface area contributed by atoms with Crippen LogP contribution < -0.4 is 5.56 Å². The Morgan fingerprint density at radius 2 is 2.06 bits per heavy atom. The van der Waals surface area contributed by atoms with Crippen LogP contribution in [0.25, 0.3) is 10.9 Å². The summed E-state index contributed by atoms with van der Waals surface area (Å²) >= 11 is 5.80. The molecule has 0 aliphatic rings. The minimum absolute atomic E-state index is 0.00289. The zero-order valence-electron chi connectivity index (χ0n) is 9.84. The van der Waals surface area contributed by atoms with E-state index in [0.29, 0.717) is 5.39 Å². The summed E-state index contributed by atoms with van der Waals surface area (Å²) < 4.78 is 24.7. The number of hydrogen-bond acceptors (Lipinski definition) is 4. The Morgan fingerprint density at radius 3 is 2.67 bits per heavy atom. The second kappa shape index (κ2) is 4.37. The number of benzene rings is 1. The number of nitrogens with zero attached hydrogens (tertiary/aromatic N) is 2. The van der Waals surface area contributed by atoms with Crippen LogP contribution in [0, 0.1) is 0 Å². The first-order chi connectivity index (χ1) is 8.36. The molecule has 0 unspecified atom stereocenters. The summed E-state index contributed by atoms with van der Waals surface area (Å²) in [7, 11) is -1.81. The summed E-state index contributed by atoms with van der Waals surface area (Å²) in [6.07, 6.45) is 0. The van der Waals surface area contributed by atoms with E-state index in [2.05, 4.69) is 4.98 Å². The minimum Gasteiger partial charge on any atom is -0.286 e. The van der Waals surface area contributed by atoms with Crippen molar-refractivity contribution in [1.82, 2.24) is 9.55 Å². The normalized spacial score (nSPS) is 11.9. The molecule has 0 aliphatic carbocycles. The molecule has 0 spiro atoms.